The fourth-order valence-corrected chi connectivity index (χ4v) is 7.37. The Morgan fingerprint density at radius 1 is 0.438 bits per heavy atom. The third-order valence-corrected chi connectivity index (χ3v) is 9.55. The highest BCUT2D eigenvalue weighted by Gasteiger charge is 2.18. The average molecular weight is 613 g/mol. The van der Waals surface area contributed by atoms with E-state index in [1.54, 1.807) is 0 Å². The van der Waals surface area contributed by atoms with Crippen molar-refractivity contribution in [3.8, 4) is 34.0 Å². The number of fused-ring (bicyclic) bond motifs is 7. The molecule has 0 radical (unpaired) electrons. The van der Waals surface area contributed by atoms with Gasteiger partial charge in [0.1, 0.15) is 0 Å². The Hall–Kier alpha value is -6.52. The van der Waals surface area contributed by atoms with Gasteiger partial charge in [-0.25, -0.2) is 9.97 Å². The van der Waals surface area contributed by atoms with Crippen molar-refractivity contribution in [1.82, 2.24) is 19.1 Å². The predicted molar refractivity (Wildman–Crippen MR) is 199 cm³/mol. The lowest BCUT2D eigenvalue weighted by Crippen LogP contribution is -1.97. The SMILES string of the molecule is c1ccc(-n2ccc3ccc4c(c5ccccc5n4-c4ccc(-c5nc(-c6cccc7ccccc67)c6ccccc6n5)cc4)c32)cc1. The van der Waals surface area contributed by atoms with Gasteiger partial charge in [0.05, 0.1) is 27.8 Å². The van der Waals surface area contributed by atoms with Crippen molar-refractivity contribution in [3.63, 3.8) is 0 Å². The zero-order chi connectivity index (χ0) is 31.6. The molecule has 0 spiro atoms. The molecule has 0 saturated heterocycles. The number of hydrogen-bond acceptors (Lipinski definition) is 2. The molecule has 224 valence electrons. The van der Waals surface area contributed by atoms with Crippen LogP contribution in [0.2, 0.25) is 0 Å². The topological polar surface area (TPSA) is 35.6 Å². The third-order valence-electron chi connectivity index (χ3n) is 9.55. The summed E-state index contributed by atoms with van der Waals surface area (Å²) in [7, 11) is 0. The number of nitrogens with zero attached hydrogens (tertiary/aromatic N) is 4. The fourth-order valence-electron chi connectivity index (χ4n) is 7.37. The van der Waals surface area contributed by atoms with E-state index in [2.05, 4.69) is 173 Å². The van der Waals surface area contributed by atoms with Crippen molar-refractivity contribution in [2.75, 3.05) is 0 Å². The largest absolute Gasteiger partial charge is 0.316 e. The summed E-state index contributed by atoms with van der Waals surface area (Å²) < 4.78 is 4.68. The van der Waals surface area contributed by atoms with Crippen LogP contribution in [0.15, 0.2) is 170 Å². The second-order valence-corrected chi connectivity index (χ2v) is 12.3. The quantitative estimate of drug-likeness (QED) is 0.198. The van der Waals surface area contributed by atoms with Gasteiger partial charge in [0.25, 0.3) is 0 Å². The molecule has 0 fully saturated rings. The standard InChI is InChI=1S/C44H28N4/c1-2-13-32(14-3-1)47-28-27-30-23-26-40-41(43(30)47)37-17-7-9-20-39(37)48(40)33-24-21-31(22-25-33)44-45-38-19-8-6-16-36(38)42(46-44)35-18-10-12-29-11-4-5-15-34(29)35/h1-28H. The molecule has 0 amide bonds. The van der Waals surface area contributed by atoms with Gasteiger partial charge in [-0.1, -0.05) is 103 Å². The minimum absolute atomic E-state index is 0.716. The van der Waals surface area contributed by atoms with Gasteiger partial charge in [-0.15, -0.1) is 0 Å². The molecule has 3 aromatic heterocycles. The molecule has 0 aliphatic heterocycles. The maximum atomic E-state index is 5.23. The number of benzene rings is 7. The summed E-state index contributed by atoms with van der Waals surface area (Å²) in [5, 5.41) is 7.13. The lowest BCUT2D eigenvalue weighted by molar-refractivity contribution is 1.13. The molecular weight excluding hydrogens is 585 g/mol. The van der Waals surface area contributed by atoms with Crippen LogP contribution < -0.4 is 0 Å². The second kappa shape index (κ2) is 10.5. The lowest BCUT2D eigenvalue weighted by atomic mass is 9.99. The molecule has 0 aliphatic carbocycles. The Labute approximate surface area is 276 Å². The van der Waals surface area contributed by atoms with E-state index in [1.807, 2.05) is 6.07 Å². The number of para-hydroxylation sites is 3. The highest BCUT2D eigenvalue weighted by Crippen LogP contribution is 2.39. The Morgan fingerprint density at radius 2 is 1.17 bits per heavy atom. The summed E-state index contributed by atoms with van der Waals surface area (Å²) in [6.07, 6.45) is 2.18. The van der Waals surface area contributed by atoms with Gasteiger partial charge in [0.2, 0.25) is 0 Å². The minimum Gasteiger partial charge on any atom is -0.316 e. The predicted octanol–water partition coefficient (Wildman–Crippen LogP) is 11.2. The molecule has 10 aromatic rings. The summed E-state index contributed by atoms with van der Waals surface area (Å²) in [6, 6.07) is 57.9. The maximum absolute atomic E-state index is 5.23. The van der Waals surface area contributed by atoms with Crippen molar-refractivity contribution < 1.29 is 0 Å². The van der Waals surface area contributed by atoms with Crippen LogP contribution in [-0.4, -0.2) is 19.1 Å². The molecule has 4 heteroatoms. The number of rotatable bonds is 4. The van der Waals surface area contributed by atoms with Crippen molar-refractivity contribution in [1.29, 1.82) is 0 Å². The lowest BCUT2D eigenvalue weighted by Gasteiger charge is -2.12. The monoisotopic (exact) mass is 612 g/mol. The molecule has 0 atom stereocenters. The summed E-state index contributed by atoms with van der Waals surface area (Å²) in [5.74, 6) is 0.716. The normalized spacial score (nSPS) is 11.8. The molecule has 0 saturated carbocycles. The summed E-state index contributed by atoms with van der Waals surface area (Å²) in [6.45, 7) is 0. The van der Waals surface area contributed by atoms with Crippen LogP contribution in [-0.2, 0) is 0 Å². The summed E-state index contributed by atoms with van der Waals surface area (Å²) >= 11 is 0. The van der Waals surface area contributed by atoms with Gasteiger partial charge < -0.3 is 9.13 Å². The first kappa shape index (κ1) is 26.7. The Bertz CT molecular complexity index is 2820. The molecule has 10 rings (SSSR count). The molecule has 3 heterocycles. The van der Waals surface area contributed by atoms with Crippen LogP contribution >= 0.6 is 0 Å². The first-order chi connectivity index (χ1) is 23.8. The fraction of sp³-hybridized carbons (Fsp3) is 0. The average Bonchev–Trinajstić information content (AvgIpc) is 3.74. The van der Waals surface area contributed by atoms with Crippen molar-refractivity contribution in [2.24, 2.45) is 0 Å². The number of aromatic nitrogens is 4. The molecule has 48 heavy (non-hydrogen) atoms. The van der Waals surface area contributed by atoms with E-state index >= 15 is 0 Å². The first-order valence-corrected chi connectivity index (χ1v) is 16.3. The highest BCUT2D eigenvalue weighted by molar-refractivity contribution is 6.20. The van der Waals surface area contributed by atoms with Gasteiger partial charge in [-0.05, 0) is 71.4 Å². The van der Waals surface area contributed by atoms with E-state index < -0.39 is 0 Å². The van der Waals surface area contributed by atoms with E-state index in [4.69, 9.17) is 9.97 Å². The first-order valence-electron chi connectivity index (χ1n) is 16.3. The third kappa shape index (κ3) is 4.03. The van der Waals surface area contributed by atoms with Gasteiger partial charge in [-0.3, -0.25) is 0 Å². The molecule has 7 aromatic carbocycles. The molecular formula is C44H28N4. The van der Waals surface area contributed by atoms with Crippen molar-refractivity contribution >= 4 is 54.4 Å². The molecule has 4 nitrogen and oxygen atoms in total. The molecule has 0 aliphatic rings. The number of hydrogen-bond donors (Lipinski definition) is 0. The molecule has 0 N–H and O–H groups in total. The minimum atomic E-state index is 0.716. The van der Waals surface area contributed by atoms with Crippen molar-refractivity contribution in [2.45, 2.75) is 0 Å². The summed E-state index contributed by atoms with van der Waals surface area (Å²) in [4.78, 5) is 10.3. The molecule has 0 unspecified atom stereocenters. The zero-order valence-corrected chi connectivity index (χ0v) is 26.0. The van der Waals surface area contributed by atoms with Gasteiger partial charge >= 0.3 is 0 Å². The van der Waals surface area contributed by atoms with Crippen LogP contribution in [0.5, 0.6) is 0 Å². The van der Waals surface area contributed by atoms with Crippen LogP contribution in [0.25, 0.3) is 88.4 Å². The Kier molecular flexibility index (Phi) is 5.84. The Morgan fingerprint density at radius 3 is 2.04 bits per heavy atom. The van der Waals surface area contributed by atoms with E-state index in [1.165, 1.54) is 43.5 Å². The van der Waals surface area contributed by atoms with Crippen molar-refractivity contribution in [3.05, 3.63) is 170 Å². The van der Waals surface area contributed by atoms with E-state index in [0.29, 0.717) is 5.82 Å². The van der Waals surface area contributed by atoms with Gasteiger partial charge in [0.15, 0.2) is 5.82 Å². The van der Waals surface area contributed by atoms with Crippen LogP contribution in [0.4, 0.5) is 0 Å². The van der Waals surface area contributed by atoms with E-state index in [-0.39, 0.29) is 0 Å². The highest BCUT2D eigenvalue weighted by atomic mass is 15.0. The summed E-state index contributed by atoms with van der Waals surface area (Å²) in [5.41, 5.74) is 9.79. The van der Waals surface area contributed by atoms with Crippen LogP contribution in [0, 0.1) is 0 Å². The van der Waals surface area contributed by atoms with Crippen LogP contribution in [0.1, 0.15) is 0 Å². The second-order valence-electron chi connectivity index (χ2n) is 12.3. The maximum Gasteiger partial charge on any atom is 0.160 e. The smallest absolute Gasteiger partial charge is 0.160 e. The van der Waals surface area contributed by atoms with E-state index in [9.17, 15) is 0 Å². The van der Waals surface area contributed by atoms with E-state index in [0.717, 1.165) is 39.1 Å². The zero-order valence-electron chi connectivity index (χ0n) is 26.0. The Balaban J connectivity index is 1.15. The molecule has 0 bridgehead atoms. The van der Waals surface area contributed by atoms with Gasteiger partial charge in [-0.2, -0.15) is 0 Å². The van der Waals surface area contributed by atoms with Crippen LogP contribution in [0.3, 0.4) is 0 Å². The van der Waals surface area contributed by atoms with Gasteiger partial charge in [0, 0.05) is 50.2 Å².